The normalized spacial score (nSPS) is 11.5. The van der Waals surface area contributed by atoms with Crippen molar-refractivity contribution in [3.05, 3.63) is 29.3 Å². The van der Waals surface area contributed by atoms with E-state index in [2.05, 4.69) is 42.4 Å². The molecule has 0 aliphatic rings. The largest absolute Gasteiger partial charge is 0.370 e. The van der Waals surface area contributed by atoms with E-state index in [4.69, 9.17) is 5.73 Å². The Bertz CT molecular complexity index is 342. The summed E-state index contributed by atoms with van der Waals surface area (Å²) < 4.78 is 0. The fourth-order valence-corrected chi connectivity index (χ4v) is 1.39. The second kappa shape index (κ2) is 4.65. The number of nitrogens with one attached hydrogen (secondary N) is 1. The second-order valence-electron chi connectivity index (χ2n) is 3.20. The molecule has 0 spiro atoms. The van der Waals surface area contributed by atoms with Crippen molar-refractivity contribution in [2.75, 3.05) is 12.4 Å². The lowest BCUT2D eigenvalue weighted by Gasteiger charge is -2.12. The van der Waals surface area contributed by atoms with Crippen LogP contribution in [0.4, 0.5) is 5.69 Å². The van der Waals surface area contributed by atoms with E-state index >= 15 is 0 Å². The van der Waals surface area contributed by atoms with Gasteiger partial charge in [-0.25, -0.2) is 0 Å². The number of hydrogen-bond donors (Lipinski definition) is 2. The number of nitrogens with zero attached hydrogens (tertiary/aromatic N) is 1. The summed E-state index contributed by atoms with van der Waals surface area (Å²) in [5, 5.41) is 3.11. The van der Waals surface area contributed by atoms with Gasteiger partial charge in [0, 0.05) is 12.7 Å². The average Bonchev–Trinajstić information content (AvgIpc) is 2.20. The molecule has 76 valence electrons. The van der Waals surface area contributed by atoms with Crippen molar-refractivity contribution >= 4 is 11.6 Å². The first kappa shape index (κ1) is 10.6. The Morgan fingerprint density at radius 1 is 1.50 bits per heavy atom. The molecular weight excluding hydrogens is 174 g/mol. The third-order valence-corrected chi connectivity index (χ3v) is 2.23. The summed E-state index contributed by atoms with van der Waals surface area (Å²) in [6, 6.07) is 6.21. The number of aryl methyl sites for hydroxylation is 2. The molecule has 0 atom stereocenters. The molecule has 0 saturated heterocycles. The summed E-state index contributed by atoms with van der Waals surface area (Å²) in [4.78, 5) is 3.88. The fourth-order valence-electron chi connectivity index (χ4n) is 1.39. The molecule has 0 heterocycles. The number of aliphatic imine (C=N–C) groups is 1. The maximum absolute atomic E-state index is 5.64. The topological polar surface area (TPSA) is 50.4 Å². The standard InChI is InChI=1S/C11H17N3/c1-4-9-7-5-6-8(2)10(9)14-11(12)13-3/h5-7H,4H2,1-3H3,(H3,12,13,14). The van der Waals surface area contributed by atoms with Crippen LogP contribution in [0.5, 0.6) is 0 Å². The highest BCUT2D eigenvalue weighted by atomic mass is 15.1. The van der Waals surface area contributed by atoms with Gasteiger partial charge in [0.2, 0.25) is 0 Å². The third kappa shape index (κ3) is 2.25. The molecular formula is C11H17N3. The average molecular weight is 191 g/mol. The Kier molecular flexibility index (Phi) is 3.51. The Labute approximate surface area is 85.0 Å². The van der Waals surface area contributed by atoms with E-state index in [-0.39, 0.29) is 0 Å². The van der Waals surface area contributed by atoms with Gasteiger partial charge in [0.15, 0.2) is 5.96 Å². The lowest BCUT2D eigenvalue weighted by atomic mass is 10.1. The Morgan fingerprint density at radius 3 is 2.79 bits per heavy atom. The van der Waals surface area contributed by atoms with Gasteiger partial charge in [-0.1, -0.05) is 25.1 Å². The van der Waals surface area contributed by atoms with Crippen LogP contribution in [0.3, 0.4) is 0 Å². The van der Waals surface area contributed by atoms with Crippen LogP contribution in [0.2, 0.25) is 0 Å². The number of anilines is 1. The first-order valence-electron chi connectivity index (χ1n) is 4.76. The first-order valence-corrected chi connectivity index (χ1v) is 4.76. The maximum Gasteiger partial charge on any atom is 0.192 e. The molecule has 0 unspecified atom stereocenters. The van der Waals surface area contributed by atoms with Gasteiger partial charge in [0.1, 0.15) is 0 Å². The van der Waals surface area contributed by atoms with E-state index in [1.54, 1.807) is 7.05 Å². The van der Waals surface area contributed by atoms with E-state index in [9.17, 15) is 0 Å². The predicted octanol–water partition coefficient (Wildman–Crippen LogP) is 1.91. The number of rotatable bonds is 2. The van der Waals surface area contributed by atoms with E-state index in [0.717, 1.165) is 12.1 Å². The molecule has 0 aliphatic carbocycles. The van der Waals surface area contributed by atoms with Crippen LogP contribution >= 0.6 is 0 Å². The van der Waals surface area contributed by atoms with Crippen LogP contribution in [0.1, 0.15) is 18.1 Å². The van der Waals surface area contributed by atoms with Gasteiger partial charge < -0.3 is 11.1 Å². The van der Waals surface area contributed by atoms with E-state index in [0.29, 0.717) is 5.96 Å². The molecule has 0 saturated carbocycles. The van der Waals surface area contributed by atoms with Crippen LogP contribution < -0.4 is 11.1 Å². The van der Waals surface area contributed by atoms with Crippen molar-refractivity contribution in [3.8, 4) is 0 Å². The Hall–Kier alpha value is -1.51. The maximum atomic E-state index is 5.64. The zero-order valence-corrected chi connectivity index (χ0v) is 8.96. The molecule has 0 bridgehead atoms. The van der Waals surface area contributed by atoms with Crippen molar-refractivity contribution in [2.24, 2.45) is 10.7 Å². The van der Waals surface area contributed by atoms with Crippen LogP contribution in [-0.4, -0.2) is 13.0 Å². The number of hydrogen-bond acceptors (Lipinski definition) is 1. The number of para-hydroxylation sites is 1. The highest BCUT2D eigenvalue weighted by molar-refractivity contribution is 5.93. The summed E-state index contributed by atoms with van der Waals surface area (Å²) in [6.45, 7) is 4.18. The zero-order chi connectivity index (χ0) is 10.6. The van der Waals surface area contributed by atoms with Gasteiger partial charge >= 0.3 is 0 Å². The lowest BCUT2D eigenvalue weighted by Crippen LogP contribution is -2.23. The van der Waals surface area contributed by atoms with Gasteiger partial charge in [0.25, 0.3) is 0 Å². The van der Waals surface area contributed by atoms with Crippen molar-refractivity contribution in [1.82, 2.24) is 0 Å². The van der Waals surface area contributed by atoms with Crippen molar-refractivity contribution in [1.29, 1.82) is 0 Å². The molecule has 0 radical (unpaired) electrons. The first-order chi connectivity index (χ1) is 6.69. The zero-order valence-electron chi connectivity index (χ0n) is 8.96. The van der Waals surface area contributed by atoms with Gasteiger partial charge in [-0.15, -0.1) is 0 Å². The van der Waals surface area contributed by atoms with Crippen molar-refractivity contribution in [2.45, 2.75) is 20.3 Å². The quantitative estimate of drug-likeness (QED) is 0.554. The van der Waals surface area contributed by atoms with Crippen molar-refractivity contribution in [3.63, 3.8) is 0 Å². The minimum atomic E-state index is 0.453. The minimum absolute atomic E-state index is 0.453. The van der Waals surface area contributed by atoms with Crippen molar-refractivity contribution < 1.29 is 0 Å². The molecule has 14 heavy (non-hydrogen) atoms. The summed E-state index contributed by atoms with van der Waals surface area (Å²) in [5.41, 5.74) is 9.17. The minimum Gasteiger partial charge on any atom is -0.370 e. The summed E-state index contributed by atoms with van der Waals surface area (Å²) in [6.07, 6.45) is 0.987. The van der Waals surface area contributed by atoms with E-state index in [1.807, 2.05) is 0 Å². The molecule has 0 aliphatic heterocycles. The summed E-state index contributed by atoms with van der Waals surface area (Å²) in [7, 11) is 1.67. The molecule has 1 aromatic carbocycles. The molecule has 0 fully saturated rings. The van der Waals surface area contributed by atoms with Crippen LogP contribution in [-0.2, 0) is 6.42 Å². The van der Waals surface area contributed by atoms with E-state index in [1.165, 1.54) is 11.1 Å². The smallest absolute Gasteiger partial charge is 0.192 e. The molecule has 3 heteroatoms. The molecule has 3 nitrogen and oxygen atoms in total. The molecule has 1 rings (SSSR count). The number of guanidine groups is 1. The summed E-state index contributed by atoms with van der Waals surface area (Å²) >= 11 is 0. The highest BCUT2D eigenvalue weighted by Crippen LogP contribution is 2.20. The number of nitrogens with two attached hydrogens (primary N) is 1. The molecule has 0 amide bonds. The number of benzene rings is 1. The van der Waals surface area contributed by atoms with Gasteiger partial charge in [0.05, 0.1) is 0 Å². The SMILES string of the molecule is CCc1cccc(C)c1NC(N)=NC. The van der Waals surface area contributed by atoms with E-state index < -0.39 is 0 Å². The lowest BCUT2D eigenvalue weighted by molar-refractivity contribution is 1.13. The van der Waals surface area contributed by atoms with Crippen LogP contribution in [0, 0.1) is 6.92 Å². The molecule has 3 N–H and O–H groups in total. The van der Waals surface area contributed by atoms with Gasteiger partial charge in [-0.05, 0) is 24.5 Å². The highest BCUT2D eigenvalue weighted by Gasteiger charge is 2.03. The van der Waals surface area contributed by atoms with Gasteiger partial charge in [-0.3, -0.25) is 4.99 Å². The molecule has 1 aromatic rings. The summed E-state index contributed by atoms with van der Waals surface area (Å²) in [5.74, 6) is 0.453. The predicted molar refractivity (Wildman–Crippen MR) is 61.7 cm³/mol. The van der Waals surface area contributed by atoms with Gasteiger partial charge in [-0.2, -0.15) is 0 Å². The fraction of sp³-hybridized carbons (Fsp3) is 0.364. The molecule has 0 aromatic heterocycles. The monoisotopic (exact) mass is 191 g/mol. The Morgan fingerprint density at radius 2 is 2.21 bits per heavy atom. The second-order valence-corrected chi connectivity index (χ2v) is 3.20. The van der Waals surface area contributed by atoms with Crippen LogP contribution in [0.25, 0.3) is 0 Å². The Balaban J connectivity index is 3.05. The third-order valence-electron chi connectivity index (χ3n) is 2.23. The van der Waals surface area contributed by atoms with Crippen LogP contribution in [0.15, 0.2) is 23.2 Å².